The van der Waals surface area contributed by atoms with Crippen molar-refractivity contribution in [3.05, 3.63) is 89.8 Å². The maximum atomic E-state index is 15.7. The monoisotopic (exact) mass is 528 g/mol. The van der Waals surface area contributed by atoms with Crippen molar-refractivity contribution in [2.24, 2.45) is 5.92 Å². The van der Waals surface area contributed by atoms with Gasteiger partial charge in [-0.2, -0.15) is 0 Å². The first-order chi connectivity index (χ1) is 18.8. The van der Waals surface area contributed by atoms with E-state index in [0.717, 1.165) is 54.5 Å². The van der Waals surface area contributed by atoms with Crippen molar-refractivity contribution >= 4 is 29.3 Å². The summed E-state index contributed by atoms with van der Waals surface area (Å²) in [7, 11) is 5.29. The Hall–Kier alpha value is -3.93. The number of amides is 1. The lowest BCUT2D eigenvalue weighted by molar-refractivity contribution is -0.134. The fourth-order valence-corrected chi connectivity index (χ4v) is 5.24. The van der Waals surface area contributed by atoms with Gasteiger partial charge < -0.3 is 14.5 Å². The van der Waals surface area contributed by atoms with E-state index in [-0.39, 0.29) is 17.6 Å². The Bertz CT molecular complexity index is 1330. The lowest BCUT2D eigenvalue weighted by Crippen LogP contribution is -2.39. The number of rotatable bonds is 8. The first-order valence-corrected chi connectivity index (χ1v) is 13.5. The van der Waals surface area contributed by atoms with Crippen LogP contribution < -0.4 is 9.80 Å². The fourth-order valence-electron chi connectivity index (χ4n) is 5.24. The van der Waals surface area contributed by atoms with Crippen LogP contribution in [0.2, 0.25) is 0 Å². The zero-order valence-electron chi connectivity index (χ0n) is 23.2. The van der Waals surface area contributed by atoms with Crippen molar-refractivity contribution in [3.8, 4) is 11.1 Å². The van der Waals surface area contributed by atoms with Gasteiger partial charge in [0.1, 0.15) is 5.82 Å². The van der Waals surface area contributed by atoms with Gasteiger partial charge in [0, 0.05) is 43.0 Å². The summed E-state index contributed by atoms with van der Waals surface area (Å²) in [4.78, 5) is 29.3. The lowest BCUT2D eigenvalue weighted by atomic mass is 9.87. The summed E-state index contributed by atoms with van der Waals surface area (Å²) in [6.45, 7) is 1.88. The molecule has 5 nitrogen and oxygen atoms in total. The van der Waals surface area contributed by atoms with E-state index in [1.807, 2.05) is 80.5 Å². The molecule has 1 amide bonds. The molecule has 1 fully saturated rings. The molecule has 1 saturated carbocycles. The predicted molar refractivity (Wildman–Crippen MR) is 156 cm³/mol. The SMILES string of the molecule is COC(=O)/C=C/c1cccc(N(C(=O)C2CCCCC2)C(C)c2ccc(-c3ccc(N(C)C)cc3)cc2F)c1. The van der Waals surface area contributed by atoms with Crippen LogP contribution in [0.1, 0.15) is 56.2 Å². The van der Waals surface area contributed by atoms with Crippen LogP contribution in [-0.2, 0) is 14.3 Å². The molecule has 204 valence electrons. The van der Waals surface area contributed by atoms with Crippen molar-refractivity contribution in [3.63, 3.8) is 0 Å². The van der Waals surface area contributed by atoms with Gasteiger partial charge in [-0.05, 0) is 72.9 Å². The molecule has 1 unspecified atom stereocenters. The number of nitrogens with zero attached hydrogens (tertiary/aromatic N) is 2. The zero-order chi connectivity index (χ0) is 27.9. The Morgan fingerprint density at radius 2 is 1.62 bits per heavy atom. The third-order valence-electron chi connectivity index (χ3n) is 7.51. The highest BCUT2D eigenvalue weighted by Gasteiger charge is 2.32. The number of hydrogen-bond donors (Lipinski definition) is 0. The van der Waals surface area contributed by atoms with Gasteiger partial charge in [0.15, 0.2) is 0 Å². The van der Waals surface area contributed by atoms with Crippen LogP contribution in [0.4, 0.5) is 15.8 Å². The molecule has 0 spiro atoms. The third kappa shape index (κ3) is 6.75. The highest BCUT2D eigenvalue weighted by atomic mass is 19.1. The van der Waals surface area contributed by atoms with Crippen LogP contribution in [-0.4, -0.2) is 33.1 Å². The number of benzene rings is 3. The zero-order valence-corrected chi connectivity index (χ0v) is 23.2. The van der Waals surface area contributed by atoms with E-state index in [9.17, 15) is 9.59 Å². The van der Waals surface area contributed by atoms with Crippen LogP contribution in [0, 0.1) is 11.7 Å². The van der Waals surface area contributed by atoms with Crippen LogP contribution >= 0.6 is 0 Å². The molecular formula is C33H37FN2O3. The van der Waals surface area contributed by atoms with E-state index in [0.29, 0.717) is 11.3 Å². The number of ether oxygens (including phenoxy) is 1. The van der Waals surface area contributed by atoms with Crippen molar-refractivity contribution in [1.82, 2.24) is 0 Å². The van der Waals surface area contributed by atoms with E-state index in [1.165, 1.54) is 13.2 Å². The molecule has 0 aromatic heterocycles. The average molecular weight is 529 g/mol. The second kappa shape index (κ2) is 12.7. The number of hydrogen-bond acceptors (Lipinski definition) is 4. The van der Waals surface area contributed by atoms with E-state index < -0.39 is 12.0 Å². The highest BCUT2D eigenvalue weighted by Crippen LogP contribution is 2.35. The summed E-state index contributed by atoms with van der Waals surface area (Å²) in [5.74, 6) is -0.880. The van der Waals surface area contributed by atoms with Crippen LogP contribution in [0.15, 0.2) is 72.8 Å². The number of halogens is 1. The van der Waals surface area contributed by atoms with Crippen molar-refractivity contribution in [1.29, 1.82) is 0 Å². The molecule has 6 heteroatoms. The number of esters is 1. The summed E-state index contributed by atoms with van der Waals surface area (Å²) in [5.41, 5.74) is 4.68. The predicted octanol–water partition coefficient (Wildman–Crippen LogP) is 7.42. The number of carbonyl (C=O) groups excluding carboxylic acids is 2. The molecule has 1 aliphatic carbocycles. The Labute approximate surface area is 230 Å². The molecule has 1 aliphatic rings. The van der Waals surface area contributed by atoms with Gasteiger partial charge in [-0.3, -0.25) is 4.79 Å². The second-order valence-electron chi connectivity index (χ2n) is 10.3. The van der Waals surface area contributed by atoms with Crippen LogP contribution in [0.3, 0.4) is 0 Å². The Balaban J connectivity index is 1.68. The molecule has 0 bridgehead atoms. The largest absolute Gasteiger partial charge is 0.466 e. The van der Waals surface area contributed by atoms with Gasteiger partial charge in [0.2, 0.25) is 5.91 Å². The fraction of sp³-hybridized carbons (Fsp3) is 0.333. The van der Waals surface area contributed by atoms with E-state index >= 15 is 4.39 Å². The highest BCUT2D eigenvalue weighted by molar-refractivity contribution is 5.96. The molecule has 0 heterocycles. The number of carbonyl (C=O) groups is 2. The third-order valence-corrected chi connectivity index (χ3v) is 7.51. The van der Waals surface area contributed by atoms with Crippen LogP contribution in [0.5, 0.6) is 0 Å². The first-order valence-electron chi connectivity index (χ1n) is 13.5. The van der Waals surface area contributed by atoms with Gasteiger partial charge >= 0.3 is 5.97 Å². The lowest BCUT2D eigenvalue weighted by Gasteiger charge is -2.34. The maximum Gasteiger partial charge on any atom is 0.330 e. The molecule has 4 rings (SSSR count). The van der Waals surface area contributed by atoms with Gasteiger partial charge in [-0.1, -0.05) is 55.7 Å². The van der Waals surface area contributed by atoms with E-state index in [4.69, 9.17) is 4.74 Å². The average Bonchev–Trinajstić information content (AvgIpc) is 2.96. The van der Waals surface area contributed by atoms with Gasteiger partial charge in [-0.25, -0.2) is 9.18 Å². The molecule has 0 radical (unpaired) electrons. The minimum Gasteiger partial charge on any atom is -0.466 e. The van der Waals surface area contributed by atoms with E-state index in [2.05, 4.69) is 0 Å². The summed E-state index contributed by atoms with van der Waals surface area (Å²) in [6.07, 6.45) is 7.87. The van der Waals surface area contributed by atoms with Crippen LogP contribution in [0.25, 0.3) is 17.2 Å². The second-order valence-corrected chi connectivity index (χ2v) is 10.3. The Kier molecular flexibility index (Phi) is 9.18. The molecule has 0 aliphatic heterocycles. The van der Waals surface area contributed by atoms with Gasteiger partial charge in [0.25, 0.3) is 0 Å². The number of anilines is 2. The van der Waals surface area contributed by atoms with Crippen molar-refractivity contribution in [2.75, 3.05) is 31.0 Å². The quantitative estimate of drug-likeness (QED) is 0.226. The van der Waals surface area contributed by atoms with Gasteiger partial charge in [0.05, 0.1) is 13.2 Å². The maximum absolute atomic E-state index is 15.7. The topological polar surface area (TPSA) is 49.9 Å². The normalized spacial score (nSPS) is 14.7. The molecule has 0 N–H and O–H groups in total. The Morgan fingerprint density at radius 3 is 2.26 bits per heavy atom. The summed E-state index contributed by atoms with van der Waals surface area (Å²) < 4.78 is 20.4. The molecule has 39 heavy (non-hydrogen) atoms. The number of methoxy groups -OCH3 is 1. The van der Waals surface area contributed by atoms with Gasteiger partial charge in [-0.15, -0.1) is 0 Å². The molecular weight excluding hydrogens is 491 g/mol. The standard InChI is InChI=1S/C33H37FN2O3/c1-23(30-19-16-27(22-31(30)34)25-14-17-28(18-15-25)35(2)3)36(33(38)26-10-6-5-7-11-26)29-12-8-9-24(21-29)13-20-32(37)39-4/h8-9,12-23,26H,5-7,10-11H2,1-4H3/b20-13+. The molecule has 1 atom stereocenters. The minimum absolute atomic E-state index is 0.0130. The summed E-state index contributed by atoms with van der Waals surface area (Å²) in [5, 5.41) is 0. The molecule has 3 aromatic carbocycles. The minimum atomic E-state index is -0.524. The Morgan fingerprint density at radius 1 is 0.923 bits per heavy atom. The van der Waals surface area contributed by atoms with Crippen molar-refractivity contribution < 1.29 is 18.7 Å². The van der Waals surface area contributed by atoms with E-state index in [1.54, 1.807) is 23.1 Å². The molecule has 3 aromatic rings. The van der Waals surface area contributed by atoms with Crippen molar-refractivity contribution in [2.45, 2.75) is 45.1 Å². The first kappa shape index (κ1) is 28.1. The summed E-state index contributed by atoms with van der Waals surface area (Å²) >= 11 is 0. The summed E-state index contributed by atoms with van der Waals surface area (Å²) in [6, 6.07) is 20.1. The molecule has 0 saturated heterocycles. The smallest absolute Gasteiger partial charge is 0.330 e.